The molecule has 156 valence electrons. The second kappa shape index (κ2) is 8.76. The van der Waals surface area contributed by atoms with Gasteiger partial charge in [-0.2, -0.15) is 5.10 Å². The molecule has 0 spiro atoms. The van der Waals surface area contributed by atoms with Crippen LogP contribution < -0.4 is 5.32 Å². The topological polar surface area (TPSA) is 97.2 Å². The Hall–Kier alpha value is -3.04. The van der Waals surface area contributed by atoms with Crippen molar-refractivity contribution in [2.45, 2.75) is 12.6 Å². The predicted octanol–water partition coefficient (Wildman–Crippen LogP) is 1.36. The van der Waals surface area contributed by atoms with E-state index in [9.17, 15) is 13.2 Å². The number of benzene rings is 1. The molecule has 1 atom stereocenters. The first-order valence-corrected chi connectivity index (χ1v) is 11.6. The molecule has 3 heterocycles. The lowest BCUT2D eigenvalue weighted by Gasteiger charge is -2.33. The van der Waals surface area contributed by atoms with Gasteiger partial charge < -0.3 is 5.32 Å². The number of amides is 1. The van der Waals surface area contributed by atoms with Crippen LogP contribution in [0, 0.1) is 0 Å². The van der Waals surface area contributed by atoms with Crippen molar-refractivity contribution in [3.63, 3.8) is 0 Å². The average molecular weight is 426 g/mol. The van der Waals surface area contributed by atoms with Gasteiger partial charge in [0.1, 0.15) is 6.04 Å². The maximum atomic E-state index is 13.1. The third-order valence-corrected chi connectivity index (χ3v) is 6.73. The van der Waals surface area contributed by atoms with Gasteiger partial charge in [-0.3, -0.25) is 9.69 Å². The van der Waals surface area contributed by atoms with Crippen LogP contribution in [0.1, 0.15) is 17.2 Å². The van der Waals surface area contributed by atoms with Crippen LogP contribution in [0.4, 0.5) is 0 Å². The fraction of sp³-hybridized carbons (Fsp3) is 0.286. The van der Waals surface area contributed by atoms with Crippen molar-refractivity contribution >= 4 is 15.7 Å². The Kier molecular flexibility index (Phi) is 5.91. The van der Waals surface area contributed by atoms with Crippen LogP contribution in [0.3, 0.4) is 0 Å². The van der Waals surface area contributed by atoms with Gasteiger partial charge in [-0.05, 0) is 23.3 Å². The summed E-state index contributed by atoms with van der Waals surface area (Å²) in [4.78, 5) is 19.4. The fourth-order valence-corrected chi connectivity index (χ4v) is 4.72. The number of carbonyl (C=O) groups is 1. The van der Waals surface area contributed by atoms with Crippen LogP contribution in [-0.4, -0.2) is 58.6 Å². The lowest BCUT2D eigenvalue weighted by molar-refractivity contribution is -0.126. The van der Waals surface area contributed by atoms with E-state index in [4.69, 9.17) is 0 Å². The molecule has 1 amide bonds. The minimum atomic E-state index is -3.02. The first kappa shape index (κ1) is 20.2. The molecule has 1 aromatic carbocycles. The zero-order valence-corrected chi connectivity index (χ0v) is 17.2. The molecule has 0 bridgehead atoms. The summed E-state index contributed by atoms with van der Waals surface area (Å²) in [7, 11) is -3.02. The van der Waals surface area contributed by atoms with Gasteiger partial charge >= 0.3 is 0 Å². The van der Waals surface area contributed by atoms with Crippen LogP contribution in [0.5, 0.6) is 0 Å². The Labute approximate surface area is 175 Å². The van der Waals surface area contributed by atoms with Crippen molar-refractivity contribution in [2.75, 3.05) is 24.6 Å². The third kappa shape index (κ3) is 4.74. The highest BCUT2D eigenvalue weighted by Gasteiger charge is 2.32. The van der Waals surface area contributed by atoms with Crippen molar-refractivity contribution < 1.29 is 13.2 Å². The summed E-state index contributed by atoms with van der Waals surface area (Å²) in [5.41, 5.74) is 1.72. The van der Waals surface area contributed by atoms with Crippen LogP contribution >= 0.6 is 0 Å². The highest BCUT2D eigenvalue weighted by molar-refractivity contribution is 7.91. The highest BCUT2D eigenvalue weighted by Crippen LogP contribution is 2.23. The van der Waals surface area contributed by atoms with Crippen molar-refractivity contribution in [1.82, 2.24) is 25.0 Å². The Bertz CT molecular complexity index is 1070. The average Bonchev–Trinajstić information content (AvgIpc) is 3.30. The highest BCUT2D eigenvalue weighted by atomic mass is 32.2. The summed E-state index contributed by atoms with van der Waals surface area (Å²) in [5.74, 6) is 0.689. The summed E-state index contributed by atoms with van der Waals surface area (Å²) < 4.78 is 25.3. The maximum absolute atomic E-state index is 13.1. The van der Waals surface area contributed by atoms with E-state index >= 15 is 0 Å². The summed E-state index contributed by atoms with van der Waals surface area (Å²) in [6, 6.07) is 14.5. The number of hydrogen-bond donors (Lipinski definition) is 1. The summed E-state index contributed by atoms with van der Waals surface area (Å²) in [5, 5.41) is 7.12. The summed E-state index contributed by atoms with van der Waals surface area (Å²) >= 11 is 0. The monoisotopic (exact) mass is 425 g/mol. The molecule has 1 aliphatic rings. The lowest BCUT2D eigenvalue weighted by atomic mass is 10.0. The number of pyridine rings is 1. The molecule has 1 N–H and O–H groups in total. The van der Waals surface area contributed by atoms with Crippen LogP contribution in [0.2, 0.25) is 0 Å². The van der Waals surface area contributed by atoms with Crippen LogP contribution in [0.15, 0.2) is 67.1 Å². The van der Waals surface area contributed by atoms with Gasteiger partial charge in [-0.15, -0.1) is 0 Å². The van der Waals surface area contributed by atoms with Crippen molar-refractivity contribution in [2.24, 2.45) is 0 Å². The summed E-state index contributed by atoms with van der Waals surface area (Å²) in [6.07, 6.45) is 5.21. The largest absolute Gasteiger partial charge is 0.350 e. The van der Waals surface area contributed by atoms with Gasteiger partial charge in [0.25, 0.3) is 0 Å². The molecule has 0 aliphatic carbocycles. The molecule has 8 nitrogen and oxygen atoms in total. The number of carbonyl (C=O) groups excluding carboxylic acids is 1. The lowest BCUT2D eigenvalue weighted by Crippen LogP contribution is -2.47. The molecule has 9 heteroatoms. The minimum absolute atomic E-state index is 0.0718. The van der Waals surface area contributed by atoms with E-state index in [0.29, 0.717) is 25.5 Å². The molecule has 1 aliphatic heterocycles. The number of sulfone groups is 1. The zero-order chi connectivity index (χ0) is 21.0. The first-order valence-electron chi connectivity index (χ1n) is 9.74. The van der Waals surface area contributed by atoms with E-state index in [2.05, 4.69) is 15.4 Å². The molecule has 30 heavy (non-hydrogen) atoms. The van der Waals surface area contributed by atoms with Crippen molar-refractivity contribution in [3.05, 3.63) is 78.2 Å². The van der Waals surface area contributed by atoms with Crippen molar-refractivity contribution in [1.29, 1.82) is 0 Å². The van der Waals surface area contributed by atoms with Crippen molar-refractivity contribution in [3.8, 4) is 5.82 Å². The quantitative estimate of drug-likeness (QED) is 0.640. The van der Waals surface area contributed by atoms with Gasteiger partial charge in [0, 0.05) is 38.2 Å². The van der Waals surface area contributed by atoms with E-state index < -0.39 is 15.9 Å². The smallest absolute Gasteiger partial charge is 0.242 e. The van der Waals surface area contributed by atoms with Gasteiger partial charge in [-0.25, -0.2) is 18.1 Å². The number of rotatable bonds is 6. The Morgan fingerprint density at radius 1 is 1.07 bits per heavy atom. The predicted molar refractivity (Wildman–Crippen MR) is 113 cm³/mol. The number of nitrogens with zero attached hydrogens (tertiary/aromatic N) is 4. The molecule has 1 unspecified atom stereocenters. The number of aromatic nitrogens is 3. The number of nitrogens with one attached hydrogen (secondary N) is 1. The molecule has 1 fully saturated rings. The molecule has 3 aromatic rings. The molecule has 4 rings (SSSR count). The van der Waals surface area contributed by atoms with E-state index in [1.54, 1.807) is 17.1 Å². The zero-order valence-electron chi connectivity index (χ0n) is 16.4. The standard InChI is InChI=1S/C21H23N5O3S/c27-21(23-16-17-7-8-19(22-15-17)26-10-4-9-24-26)20(18-5-2-1-3-6-18)25-11-13-30(28,29)14-12-25/h1-10,15,20H,11-14,16H2,(H,23,27). The normalized spacial score (nSPS) is 17.3. The minimum Gasteiger partial charge on any atom is -0.350 e. The van der Waals surface area contributed by atoms with Crippen LogP contribution in [0.25, 0.3) is 5.82 Å². The van der Waals surface area contributed by atoms with Gasteiger partial charge in [0.15, 0.2) is 15.7 Å². The van der Waals surface area contributed by atoms with Crippen LogP contribution in [-0.2, 0) is 21.2 Å². The molecular formula is C21H23N5O3S. The molecule has 0 saturated carbocycles. The fourth-order valence-electron chi connectivity index (χ4n) is 3.50. The number of hydrogen-bond acceptors (Lipinski definition) is 6. The van der Waals surface area contributed by atoms with E-state index in [0.717, 1.165) is 11.1 Å². The Balaban J connectivity index is 1.45. The maximum Gasteiger partial charge on any atom is 0.242 e. The van der Waals surface area contributed by atoms with Gasteiger partial charge in [0.05, 0.1) is 11.5 Å². The van der Waals surface area contributed by atoms with E-state index in [1.807, 2.05) is 59.6 Å². The second-order valence-electron chi connectivity index (χ2n) is 7.19. The molecule has 2 aromatic heterocycles. The first-order chi connectivity index (χ1) is 14.5. The van der Waals surface area contributed by atoms with Gasteiger partial charge in [0.2, 0.25) is 5.91 Å². The van der Waals surface area contributed by atoms with E-state index in [1.165, 1.54) is 0 Å². The Morgan fingerprint density at radius 2 is 1.83 bits per heavy atom. The SMILES string of the molecule is O=C(NCc1ccc(-n2cccn2)nc1)C(c1ccccc1)N1CCS(=O)(=O)CC1. The third-order valence-electron chi connectivity index (χ3n) is 5.12. The Morgan fingerprint density at radius 3 is 2.47 bits per heavy atom. The molecule has 1 saturated heterocycles. The molecular weight excluding hydrogens is 402 g/mol. The summed E-state index contributed by atoms with van der Waals surface area (Å²) in [6.45, 7) is 1.02. The van der Waals surface area contributed by atoms with E-state index in [-0.39, 0.29) is 17.4 Å². The second-order valence-corrected chi connectivity index (χ2v) is 9.50. The van der Waals surface area contributed by atoms with Gasteiger partial charge in [-0.1, -0.05) is 36.4 Å². The molecule has 0 radical (unpaired) electrons.